The Kier molecular flexibility index (Phi) is 4.90. The normalized spacial score (nSPS) is 13.4. The molecule has 0 radical (unpaired) electrons. The molecule has 0 saturated heterocycles. The Bertz CT molecular complexity index is 392. The molecule has 1 unspecified atom stereocenters. The van der Waals surface area contributed by atoms with Crippen molar-refractivity contribution >= 4 is 5.91 Å². The summed E-state index contributed by atoms with van der Waals surface area (Å²) in [6.07, 6.45) is 4.31. The van der Waals surface area contributed by atoms with Crippen molar-refractivity contribution in [2.45, 2.75) is 45.7 Å². The van der Waals surface area contributed by atoms with E-state index in [4.69, 9.17) is 0 Å². The molecule has 0 spiro atoms. The molecule has 0 aromatic carbocycles. The minimum atomic E-state index is -0.161. The Labute approximate surface area is 109 Å². The summed E-state index contributed by atoms with van der Waals surface area (Å²) in [7, 11) is 1.90. The SMILES string of the molecule is CC(NCCC(=O)NC(C)(C)C)c1cnn(C)c1. The maximum Gasteiger partial charge on any atom is 0.221 e. The second kappa shape index (κ2) is 6.00. The van der Waals surface area contributed by atoms with Gasteiger partial charge < -0.3 is 10.6 Å². The summed E-state index contributed by atoms with van der Waals surface area (Å²) in [4.78, 5) is 11.6. The van der Waals surface area contributed by atoms with E-state index < -0.39 is 0 Å². The molecule has 0 aliphatic heterocycles. The summed E-state index contributed by atoms with van der Waals surface area (Å²) in [5, 5.41) is 10.4. The van der Waals surface area contributed by atoms with Crippen LogP contribution in [0, 0.1) is 0 Å². The molecule has 0 saturated carbocycles. The molecule has 1 amide bonds. The average molecular weight is 252 g/mol. The Hall–Kier alpha value is -1.36. The Morgan fingerprint density at radius 3 is 2.67 bits per heavy atom. The van der Waals surface area contributed by atoms with Gasteiger partial charge in [-0.05, 0) is 27.7 Å². The van der Waals surface area contributed by atoms with Crippen molar-refractivity contribution in [1.82, 2.24) is 20.4 Å². The molecule has 1 atom stereocenters. The summed E-state index contributed by atoms with van der Waals surface area (Å²) < 4.78 is 1.78. The predicted molar refractivity (Wildman–Crippen MR) is 72.1 cm³/mol. The molecule has 102 valence electrons. The molecule has 2 N–H and O–H groups in total. The maximum absolute atomic E-state index is 11.6. The van der Waals surface area contributed by atoms with Crippen molar-refractivity contribution in [3.8, 4) is 0 Å². The first-order valence-corrected chi connectivity index (χ1v) is 6.31. The zero-order valence-electron chi connectivity index (χ0n) is 11.9. The highest BCUT2D eigenvalue weighted by Gasteiger charge is 2.13. The fourth-order valence-corrected chi connectivity index (χ4v) is 1.66. The molecule has 1 rings (SSSR count). The van der Waals surface area contributed by atoms with Gasteiger partial charge in [-0.1, -0.05) is 0 Å². The van der Waals surface area contributed by atoms with E-state index in [-0.39, 0.29) is 17.5 Å². The van der Waals surface area contributed by atoms with Crippen molar-refractivity contribution in [3.63, 3.8) is 0 Å². The van der Waals surface area contributed by atoms with E-state index in [1.807, 2.05) is 40.2 Å². The number of nitrogens with zero attached hydrogens (tertiary/aromatic N) is 2. The van der Waals surface area contributed by atoms with Crippen LogP contribution in [0.2, 0.25) is 0 Å². The van der Waals surface area contributed by atoms with Crippen LogP contribution in [-0.4, -0.2) is 27.8 Å². The molecule has 0 bridgehead atoms. The molecular weight excluding hydrogens is 228 g/mol. The molecule has 1 heterocycles. The van der Waals surface area contributed by atoms with E-state index in [0.717, 1.165) is 5.56 Å². The van der Waals surface area contributed by atoms with Crippen LogP contribution in [0.3, 0.4) is 0 Å². The van der Waals surface area contributed by atoms with Crippen LogP contribution in [0.4, 0.5) is 0 Å². The van der Waals surface area contributed by atoms with Gasteiger partial charge in [-0.15, -0.1) is 0 Å². The van der Waals surface area contributed by atoms with Gasteiger partial charge in [-0.25, -0.2) is 0 Å². The Balaban J connectivity index is 2.27. The fraction of sp³-hybridized carbons (Fsp3) is 0.692. The van der Waals surface area contributed by atoms with Crippen molar-refractivity contribution in [2.24, 2.45) is 7.05 Å². The maximum atomic E-state index is 11.6. The van der Waals surface area contributed by atoms with Gasteiger partial charge in [0.15, 0.2) is 0 Å². The number of rotatable bonds is 5. The predicted octanol–water partition coefficient (Wildman–Crippen LogP) is 1.38. The van der Waals surface area contributed by atoms with E-state index >= 15 is 0 Å². The first-order chi connectivity index (χ1) is 8.28. The monoisotopic (exact) mass is 252 g/mol. The molecule has 0 aliphatic rings. The lowest BCUT2D eigenvalue weighted by Gasteiger charge is -2.20. The summed E-state index contributed by atoms with van der Waals surface area (Å²) in [6, 6.07) is 0.209. The third-order valence-corrected chi connectivity index (χ3v) is 2.54. The zero-order chi connectivity index (χ0) is 13.8. The van der Waals surface area contributed by atoms with Crippen molar-refractivity contribution < 1.29 is 4.79 Å². The van der Waals surface area contributed by atoms with Crippen molar-refractivity contribution in [3.05, 3.63) is 18.0 Å². The van der Waals surface area contributed by atoms with Gasteiger partial charge in [0.25, 0.3) is 0 Å². The zero-order valence-corrected chi connectivity index (χ0v) is 11.9. The van der Waals surface area contributed by atoms with Crippen molar-refractivity contribution in [1.29, 1.82) is 0 Å². The van der Waals surface area contributed by atoms with E-state index in [9.17, 15) is 4.79 Å². The number of aromatic nitrogens is 2. The molecule has 0 fully saturated rings. The Morgan fingerprint density at radius 1 is 1.50 bits per heavy atom. The van der Waals surface area contributed by atoms with Gasteiger partial charge in [0.1, 0.15) is 0 Å². The molecule has 0 aliphatic carbocycles. The largest absolute Gasteiger partial charge is 0.351 e. The highest BCUT2D eigenvalue weighted by Crippen LogP contribution is 2.09. The summed E-state index contributed by atoms with van der Waals surface area (Å²) in [5.41, 5.74) is 0.972. The average Bonchev–Trinajstić information content (AvgIpc) is 2.62. The highest BCUT2D eigenvalue weighted by atomic mass is 16.1. The molecular formula is C13H24N4O. The topological polar surface area (TPSA) is 59.0 Å². The lowest BCUT2D eigenvalue weighted by atomic mass is 10.1. The summed E-state index contributed by atoms with van der Waals surface area (Å²) in [5.74, 6) is 0.0772. The van der Waals surface area contributed by atoms with Gasteiger partial charge in [0, 0.05) is 43.4 Å². The standard InChI is InChI=1S/C13H24N4O/c1-10(11-8-15-17(5)9-11)14-7-6-12(18)16-13(2,3)4/h8-10,14H,6-7H2,1-5H3,(H,16,18). The number of aryl methyl sites for hydroxylation is 1. The number of amides is 1. The van der Waals surface area contributed by atoms with Gasteiger partial charge in [-0.2, -0.15) is 5.10 Å². The van der Waals surface area contributed by atoms with Crippen LogP contribution in [0.1, 0.15) is 45.7 Å². The highest BCUT2D eigenvalue weighted by molar-refractivity contribution is 5.76. The minimum Gasteiger partial charge on any atom is -0.351 e. The second-order valence-electron chi connectivity index (χ2n) is 5.67. The van der Waals surface area contributed by atoms with Crippen molar-refractivity contribution in [2.75, 3.05) is 6.54 Å². The van der Waals surface area contributed by atoms with Crippen LogP contribution in [0.25, 0.3) is 0 Å². The van der Waals surface area contributed by atoms with E-state index in [0.29, 0.717) is 13.0 Å². The molecule has 1 aromatic heterocycles. The number of hydrogen-bond donors (Lipinski definition) is 2. The molecule has 18 heavy (non-hydrogen) atoms. The van der Waals surface area contributed by atoms with E-state index in [2.05, 4.69) is 22.7 Å². The third-order valence-electron chi connectivity index (χ3n) is 2.54. The number of hydrogen-bond acceptors (Lipinski definition) is 3. The summed E-state index contributed by atoms with van der Waals surface area (Å²) >= 11 is 0. The molecule has 1 aromatic rings. The molecule has 5 heteroatoms. The van der Waals surface area contributed by atoms with Gasteiger partial charge in [0.2, 0.25) is 5.91 Å². The smallest absolute Gasteiger partial charge is 0.221 e. The van der Waals surface area contributed by atoms with Crippen LogP contribution < -0.4 is 10.6 Å². The Morgan fingerprint density at radius 2 is 2.17 bits per heavy atom. The lowest BCUT2D eigenvalue weighted by Crippen LogP contribution is -2.41. The van der Waals surface area contributed by atoms with Gasteiger partial charge in [-0.3, -0.25) is 9.48 Å². The first-order valence-electron chi connectivity index (χ1n) is 6.31. The quantitative estimate of drug-likeness (QED) is 0.832. The van der Waals surface area contributed by atoms with Crippen LogP contribution in [-0.2, 0) is 11.8 Å². The minimum absolute atomic E-state index is 0.0772. The fourth-order valence-electron chi connectivity index (χ4n) is 1.66. The third kappa shape index (κ3) is 5.31. The number of carbonyl (C=O) groups excluding carboxylic acids is 1. The summed E-state index contributed by atoms with van der Waals surface area (Å²) in [6.45, 7) is 8.68. The van der Waals surface area contributed by atoms with E-state index in [1.54, 1.807) is 4.68 Å². The molecule has 5 nitrogen and oxygen atoms in total. The number of carbonyl (C=O) groups is 1. The van der Waals surface area contributed by atoms with E-state index in [1.165, 1.54) is 0 Å². The van der Waals surface area contributed by atoms with Crippen LogP contribution >= 0.6 is 0 Å². The van der Waals surface area contributed by atoms with Crippen LogP contribution in [0.5, 0.6) is 0 Å². The van der Waals surface area contributed by atoms with Crippen LogP contribution in [0.15, 0.2) is 12.4 Å². The number of nitrogens with one attached hydrogen (secondary N) is 2. The van der Waals surface area contributed by atoms with Gasteiger partial charge in [0.05, 0.1) is 6.20 Å². The lowest BCUT2D eigenvalue weighted by molar-refractivity contribution is -0.122. The van der Waals surface area contributed by atoms with Gasteiger partial charge >= 0.3 is 0 Å². The first kappa shape index (κ1) is 14.7. The second-order valence-corrected chi connectivity index (χ2v) is 5.67.